The first-order valence-electron chi connectivity index (χ1n) is 6.01. The van der Waals surface area contributed by atoms with Crippen molar-refractivity contribution in [3.05, 3.63) is 11.9 Å². The molecule has 1 aromatic rings. The average Bonchev–Trinajstić information content (AvgIpc) is 2.57. The van der Waals surface area contributed by atoms with E-state index in [1.54, 1.807) is 4.68 Å². The Morgan fingerprint density at radius 1 is 1.38 bits per heavy atom. The first-order chi connectivity index (χ1) is 7.43. The molecule has 0 radical (unpaired) electrons. The summed E-state index contributed by atoms with van der Waals surface area (Å²) < 4.78 is 1.69. The second-order valence-corrected chi connectivity index (χ2v) is 5.68. The van der Waals surface area contributed by atoms with Crippen LogP contribution in [0.2, 0.25) is 0 Å². The van der Waals surface area contributed by atoms with Crippen molar-refractivity contribution >= 4 is 0 Å². The lowest BCUT2D eigenvalue weighted by Gasteiger charge is -2.46. The van der Waals surface area contributed by atoms with Crippen molar-refractivity contribution in [2.24, 2.45) is 12.5 Å². The average molecular weight is 223 g/mol. The van der Waals surface area contributed by atoms with Crippen LogP contribution < -0.4 is 0 Å². The highest BCUT2D eigenvalue weighted by atomic mass is 16.3. The van der Waals surface area contributed by atoms with Gasteiger partial charge in [0.15, 0.2) is 0 Å². The Labute approximate surface area is 96.7 Å². The zero-order valence-electron chi connectivity index (χ0n) is 10.4. The van der Waals surface area contributed by atoms with Gasteiger partial charge in [-0.3, -0.25) is 4.68 Å². The standard InChI is InChI=1S/C12H21N3O/c1-11(2)6-4-5-7-12(11,16)8-10-9-15(3)14-13-10/h9,16H,4-8H2,1-3H3. The van der Waals surface area contributed by atoms with Crippen LogP contribution in [0.25, 0.3) is 0 Å². The molecular formula is C12H21N3O. The lowest BCUT2D eigenvalue weighted by Crippen LogP contribution is -2.48. The highest BCUT2D eigenvalue weighted by molar-refractivity contribution is 5.06. The van der Waals surface area contributed by atoms with E-state index in [-0.39, 0.29) is 5.41 Å². The molecule has 0 saturated heterocycles. The van der Waals surface area contributed by atoms with Gasteiger partial charge in [0, 0.05) is 19.7 Å². The fraction of sp³-hybridized carbons (Fsp3) is 0.833. The molecule has 16 heavy (non-hydrogen) atoms. The molecule has 1 saturated carbocycles. The Kier molecular flexibility index (Phi) is 2.78. The summed E-state index contributed by atoms with van der Waals surface area (Å²) in [6.07, 6.45) is 6.80. The molecule has 4 nitrogen and oxygen atoms in total. The molecule has 1 heterocycles. The van der Waals surface area contributed by atoms with Crippen LogP contribution in [0.5, 0.6) is 0 Å². The SMILES string of the molecule is Cn1cc(CC2(O)CCCCC2(C)C)nn1. The third-order valence-corrected chi connectivity index (χ3v) is 4.03. The van der Waals surface area contributed by atoms with Crippen molar-refractivity contribution in [2.45, 2.75) is 51.6 Å². The van der Waals surface area contributed by atoms with Crippen LogP contribution in [0.3, 0.4) is 0 Å². The van der Waals surface area contributed by atoms with Crippen LogP contribution in [0, 0.1) is 5.41 Å². The zero-order chi connectivity index (χ0) is 11.8. The molecule has 1 unspecified atom stereocenters. The lowest BCUT2D eigenvalue weighted by molar-refractivity contribution is -0.0964. The van der Waals surface area contributed by atoms with E-state index in [1.807, 2.05) is 13.2 Å². The Hall–Kier alpha value is -0.900. The van der Waals surface area contributed by atoms with Gasteiger partial charge in [-0.25, -0.2) is 0 Å². The number of rotatable bonds is 2. The van der Waals surface area contributed by atoms with E-state index in [9.17, 15) is 5.11 Å². The summed E-state index contributed by atoms with van der Waals surface area (Å²) >= 11 is 0. The Morgan fingerprint density at radius 3 is 2.62 bits per heavy atom. The number of aryl methyl sites for hydroxylation is 1. The van der Waals surface area contributed by atoms with Gasteiger partial charge in [0.1, 0.15) is 0 Å². The summed E-state index contributed by atoms with van der Waals surface area (Å²) in [6.45, 7) is 4.31. The molecule has 90 valence electrons. The third kappa shape index (κ3) is 1.98. The smallest absolute Gasteiger partial charge is 0.0855 e. The summed E-state index contributed by atoms with van der Waals surface area (Å²) in [5, 5.41) is 18.8. The summed E-state index contributed by atoms with van der Waals surface area (Å²) in [6, 6.07) is 0. The number of aliphatic hydroxyl groups is 1. The molecule has 0 bridgehead atoms. The van der Waals surface area contributed by atoms with Crippen LogP contribution in [0.15, 0.2) is 6.20 Å². The van der Waals surface area contributed by atoms with Gasteiger partial charge in [0.05, 0.1) is 11.3 Å². The van der Waals surface area contributed by atoms with Crippen molar-refractivity contribution in [3.63, 3.8) is 0 Å². The van der Waals surface area contributed by atoms with Crippen LogP contribution in [-0.4, -0.2) is 25.7 Å². The minimum atomic E-state index is -0.624. The van der Waals surface area contributed by atoms with Crippen molar-refractivity contribution < 1.29 is 5.11 Å². The molecule has 1 aromatic heterocycles. The molecule has 1 aliphatic rings. The first-order valence-corrected chi connectivity index (χ1v) is 6.01. The molecule has 0 aromatic carbocycles. The van der Waals surface area contributed by atoms with Crippen LogP contribution in [0.4, 0.5) is 0 Å². The highest BCUT2D eigenvalue weighted by Gasteiger charge is 2.45. The molecule has 0 aliphatic heterocycles. The second-order valence-electron chi connectivity index (χ2n) is 5.68. The minimum absolute atomic E-state index is 0.0250. The molecular weight excluding hydrogens is 202 g/mol. The van der Waals surface area contributed by atoms with E-state index in [2.05, 4.69) is 24.2 Å². The van der Waals surface area contributed by atoms with E-state index < -0.39 is 5.60 Å². The maximum atomic E-state index is 10.8. The van der Waals surface area contributed by atoms with E-state index in [4.69, 9.17) is 0 Å². The summed E-state index contributed by atoms with van der Waals surface area (Å²) in [4.78, 5) is 0. The molecule has 1 aliphatic carbocycles. The number of hydrogen-bond acceptors (Lipinski definition) is 3. The zero-order valence-corrected chi connectivity index (χ0v) is 10.4. The summed E-state index contributed by atoms with van der Waals surface area (Å²) in [5.74, 6) is 0. The van der Waals surface area contributed by atoms with Gasteiger partial charge in [0.25, 0.3) is 0 Å². The molecule has 0 amide bonds. The van der Waals surface area contributed by atoms with Gasteiger partial charge in [-0.1, -0.05) is 31.9 Å². The normalized spacial score (nSPS) is 29.2. The fourth-order valence-corrected chi connectivity index (χ4v) is 2.66. The van der Waals surface area contributed by atoms with Gasteiger partial charge in [-0.2, -0.15) is 0 Å². The molecule has 4 heteroatoms. The van der Waals surface area contributed by atoms with Crippen LogP contribution in [0.1, 0.15) is 45.2 Å². The second kappa shape index (κ2) is 3.84. The Balaban J connectivity index is 2.17. The maximum absolute atomic E-state index is 10.8. The van der Waals surface area contributed by atoms with Gasteiger partial charge in [-0.15, -0.1) is 5.10 Å². The van der Waals surface area contributed by atoms with Gasteiger partial charge in [-0.05, 0) is 18.3 Å². The van der Waals surface area contributed by atoms with Crippen molar-refractivity contribution in [1.29, 1.82) is 0 Å². The van der Waals surface area contributed by atoms with E-state index in [0.717, 1.165) is 25.0 Å². The van der Waals surface area contributed by atoms with Crippen molar-refractivity contribution in [3.8, 4) is 0 Å². The largest absolute Gasteiger partial charge is 0.389 e. The highest BCUT2D eigenvalue weighted by Crippen LogP contribution is 2.45. The predicted molar refractivity (Wildman–Crippen MR) is 61.9 cm³/mol. The molecule has 1 N–H and O–H groups in total. The maximum Gasteiger partial charge on any atom is 0.0855 e. The number of aromatic nitrogens is 3. The Morgan fingerprint density at radius 2 is 2.06 bits per heavy atom. The van der Waals surface area contributed by atoms with Crippen LogP contribution >= 0.6 is 0 Å². The summed E-state index contributed by atoms with van der Waals surface area (Å²) in [5.41, 5.74) is 0.240. The number of nitrogens with zero attached hydrogens (tertiary/aromatic N) is 3. The van der Waals surface area contributed by atoms with Crippen molar-refractivity contribution in [1.82, 2.24) is 15.0 Å². The fourth-order valence-electron chi connectivity index (χ4n) is 2.66. The van der Waals surface area contributed by atoms with Crippen LogP contribution in [-0.2, 0) is 13.5 Å². The van der Waals surface area contributed by atoms with E-state index in [0.29, 0.717) is 6.42 Å². The van der Waals surface area contributed by atoms with E-state index >= 15 is 0 Å². The van der Waals surface area contributed by atoms with Gasteiger partial charge in [0.2, 0.25) is 0 Å². The molecule has 1 atom stereocenters. The molecule has 0 spiro atoms. The predicted octanol–water partition coefficient (Wildman–Crippen LogP) is 1.69. The molecule has 1 fully saturated rings. The minimum Gasteiger partial charge on any atom is -0.389 e. The van der Waals surface area contributed by atoms with Gasteiger partial charge >= 0.3 is 0 Å². The number of hydrogen-bond donors (Lipinski definition) is 1. The topological polar surface area (TPSA) is 50.9 Å². The van der Waals surface area contributed by atoms with Gasteiger partial charge < -0.3 is 5.11 Å². The summed E-state index contributed by atoms with van der Waals surface area (Å²) in [7, 11) is 1.85. The molecule has 2 rings (SSSR count). The quantitative estimate of drug-likeness (QED) is 0.830. The third-order valence-electron chi connectivity index (χ3n) is 4.03. The van der Waals surface area contributed by atoms with E-state index in [1.165, 1.54) is 6.42 Å². The lowest BCUT2D eigenvalue weighted by atomic mass is 9.64. The Bertz CT molecular complexity index is 372. The van der Waals surface area contributed by atoms with Crippen molar-refractivity contribution in [2.75, 3.05) is 0 Å². The monoisotopic (exact) mass is 223 g/mol. The first kappa shape index (κ1) is 11.6.